The smallest absolute Gasteiger partial charge is 0.268 e. The van der Waals surface area contributed by atoms with Crippen LogP contribution < -0.4 is 4.89 Å². The molecule has 0 aliphatic carbocycles. The summed E-state index contributed by atoms with van der Waals surface area (Å²) in [5.74, 6) is 0. The van der Waals surface area contributed by atoms with Gasteiger partial charge in [-0.2, -0.15) is 0 Å². The summed E-state index contributed by atoms with van der Waals surface area (Å²) in [5, 5.41) is 8.71. The Kier molecular flexibility index (Phi) is 11.5. The zero-order valence-electron chi connectivity index (χ0n) is 14.0. The van der Waals surface area contributed by atoms with Gasteiger partial charge < -0.3 is 23.2 Å². The van der Waals surface area contributed by atoms with E-state index in [2.05, 4.69) is 16.3 Å². The number of nitrogens with zero attached hydrogens (tertiary/aromatic N) is 1. The number of likely N-dealkylation sites (N-methyl/N-ethyl adjacent to an activating group) is 1. The molecule has 134 valence electrons. The first-order valence-corrected chi connectivity index (χ1v) is 8.95. The number of phosphoric ester groups is 1. The van der Waals surface area contributed by atoms with Crippen molar-refractivity contribution in [3.8, 4) is 0 Å². The van der Waals surface area contributed by atoms with Crippen LogP contribution in [0.5, 0.6) is 0 Å². The van der Waals surface area contributed by atoms with Crippen molar-refractivity contribution in [1.82, 2.24) is 0 Å². The van der Waals surface area contributed by atoms with Crippen LogP contribution in [0.3, 0.4) is 0 Å². The number of unbranched alkanes of at least 4 members (excludes halogenated alkanes) is 2. The van der Waals surface area contributed by atoms with Crippen molar-refractivity contribution in [3.63, 3.8) is 0 Å². The van der Waals surface area contributed by atoms with Crippen LogP contribution in [-0.4, -0.2) is 70.0 Å². The van der Waals surface area contributed by atoms with Crippen LogP contribution >= 0.6 is 7.82 Å². The lowest BCUT2D eigenvalue weighted by molar-refractivity contribution is -0.870. The molecule has 2 atom stereocenters. The summed E-state index contributed by atoms with van der Waals surface area (Å²) in [6.45, 7) is 2.87. The average molecular weight is 343 g/mol. The lowest BCUT2D eigenvalue weighted by Gasteiger charge is -2.27. The van der Waals surface area contributed by atoms with E-state index in [9.17, 15) is 9.46 Å². The Hall–Kier alpha value is -0.0500. The molecule has 0 aromatic heterocycles. The molecule has 0 amide bonds. The van der Waals surface area contributed by atoms with Crippen molar-refractivity contribution in [2.45, 2.75) is 32.3 Å². The molecule has 22 heavy (non-hydrogen) atoms. The minimum atomic E-state index is -4.40. The van der Waals surface area contributed by atoms with E-state index in [-0.39, 0.29) is 19.8 Å². The van der Waals surface area contributed by atoms with Crippen LogP contribution in [0.25, 0.3) is 0 Å². The summed E-state index contributed by atoms with van der Waals surface area (Å²) in [6, 6.07) is 0. The molecule has 0 fully saturated rings. The van der Waals surface area contributed by atoms with E-state index in [1.807, 2.05) is 21.1 Å². The van der Waals surface area contributed by atoms with E-state index in [0.717, 1.165) is 19.3 Å². The van der Waals surface area contributed by atoms with Crippen molar-refractivity contribution in [1.29, 1.82) is 0 Å². The summed E-state index contributed by atoms with van der Waals surface area (Å²) in [6.07, 6.45) is 2.17. The first-order chi connectivity index (χ1) is 10.2. The molecular weight excluding hydrogens is 313 g/mol. The summed E-state index contributed by atoms with van der Waals surface area (Å²) >= 11 is 0. The normalized spacial score (nSPS) is 16.5. The minimum absolute atomic E-state index is 0.0302. The van der Waals surface area contributed by atoms with Crippen LogP contribution in [0.4, 0.5) is 0 Å². The lowest BCUT2D eigenvalue weighted by atomic mass is 10.3. The molecule has 0 aromatic rings. The van der Waals surface area contributed by atoms with Gasteiger partial charge in [0.25, 0.3) is 7.82 Å². The second-order valence-electron chi connectivity index (χ2n) is 6.10. The summed E-state index contributed by atoms with van der Waals surface area (Å²) < 4.78 is 26.8. The van der Waals surface area contributed by atoms with Crippen molar-refractivity contribution in [2.75, 3.05) is 54.1 Å². The van der Waals surface area contributed by atoms with E-state index in [4.69, 9.17) is 14.5 Å². The van der Waals surface area contributed by atoms with Gasteiger partial charge in [0.05, 0.1) is 34.4 Å². The standard InChI is InChI=1S/C13H30NO7P/c1-5-6-7-9-18-11-13(21-15)12-20-22(16,17)19-10-8-14(2,3)4/h13H,5-12H2,1-4H3,(H-,15,16,17)/t13-/m1/s1. The van der Waals surface area contributed by atoms with Gasteiger partial charge in [0.15, 0.2) is 0 Å². The minimum Gasteiger partial charge on any atom is -0.756 e. The molecule has 0 aliphatic heterocycles. The van der Waals surface area contributed by atoms with Crippen LogP contribution in [0.1, 0.15) is 26.2 Å². The van der Waals surface area contributed by atoms with Gasteiger partial charge in [-0.25, -0.2) is 4.89 Å². The van der Waals surface area contributed by atoms with Gasteiger partial charge in [0, 0.05) is 6.61 Å². The Morgan fingerprint density at radius 1 is 1.14 bits per heavy atom. The van der Waals surface area contributed by atoms with E-state index in [0.29, 0.717) is 17.6 Å². The van der Waals surface area contributed by atoms with Gasteiger partial charge in [-0.05, 0) is 6.42 Å². The molecule has 0 radical (unpaired) electrons. The second kappa shape index (κ2) is 11.5. The molecule has 0 aromatic carbocycles. The molecule has 0 aliphatic rings. The highest BCUT2D eigenvalue weighted by molar-refractivity contribution is 7.45. The Labute approximate surface area is 133 Å². The fourth-order valence-electron chi connectivity index (χ4n) is 1.42. The second-order valence-corrected chi connectivity index (χ2v) is 7.51. The summed E-state index contributed by atoms with van der Waals surface area (Å²) in [7, 11) is 1.36. The topological polar surface area (TPSA) is 97.3 Å². The molecule has 9 heteroatoms. The zero-order chi connectivity index (χ0) is 17.1. The quantitative estimate of drug-likeness (QED) is 0.167. The molecule has 0 saturated carbocycles. The van der Waals surface area contributed by atoms with E-state index in [1.165, 1.54) is 0 Å². The molecule has 0 bridgehead atoms. The lowest BCUT2D eigenvalue weighted by Crippen LogP contribution is -2.37. The van der Waals surface area contributed by atoms with Gasteiger partial charge in [0.2, 0.25) is 0 Å². The highest BCUT2D eigenvalue weighted by Crippen LogP contribution is 2.38. The fourth-order valence-corrected chi connectivity index (χ4v) is 2.14. The van der Waals surface area contributed by atoms with Crippen molar-refractivity contribution in [2.24, 2.45) is 0 Å². The van der Waals surface area contributed by atoms with Crippen LogP contribution in [0.15, 0.2) is 0 Å². The SMILES string of the molecule is CCCCCOC[C@H](COP(=O)([O-])OCC[N+](C)(C)C)OO. The predicted molar refractivity (Wildman–Crippen MR) is 80.3 cm³/mol. The first-order valence-electron chi connectivity index (χ1n) is 7.48. The zero-order valence-corrected chi connectivity index (χ0v) is 14.9. The number of rotatable bonds is 14. The molecule has 0 heterocycles. The van der Waals surface area contributed by atoms with Crippen molar-refractivity contribution >= 4 is 7.82 Å². The van der Waals surface area contributed by atoms with E-state index >= 15 is 0 Å². The Morgan fingerprint density at radius 3 is 2.36 bits per heavy atom. The van der Waals surface area contributed by atoms with Gasteiger partial charge in [-0.15, -0.1) is 0 Å². The molecular formula is C13H30NO7P. The third-order valence-corrected chi connectivity index (χ3v) is 3.74. The molecule has 0 rings (SSSR count). The molecule has 1 N–H and O–H groups in total. The van der Waals surface area contributed by atoms with Crippen LogP contribution in [-0.2, 0) is 23.2 Å². The van der Waals surface area contributed by atoms with Crippen molar-refractivity contribution in [3.05, 3.63) is 0 Å². The molecule has 8 nitrogen and oxygen atoms in total. The fraction of sp³-hybridized carbons (Fsp3) is 1.00. The van der Waals surface area contributed by atoms with E-state index < -0.39 is 13.9 Å². The van der Waals surface area contributed by atoms with Gasteiger partial charge >= 0.3 is 0 Å². The highest BCUT2D eigenvalue weighted by Gasteiger charge is 2.17. The first kappa shape index (κ1) is 21.9. The maximum atomic E-state index is 11.6. The Bertz CT molecular complexity index is 322. The number of hydrogen-bond donors (Lipinski definition) is 1. The highest BCUT2D eigenvalue weighted by atomic mass is 31.2. The monoisotopic (exact) mass is 343 g/mol. The summed E-state index contributed by atoms with van der Waals surface area (Å²) in [4.78, 5) is 15.7. The third kappa shape index (κ3) is 13.6. The van der Waals surface area contributed by atoms with Gasteiger partial charge in [-0.1, -0.05) is 19.8 Å². The molecule has 1 unspecified atom stereocenters. The Balaban J connectivity index is 3.91. The number of phosphoric acid groups is 1. The Morgan fingerprint density at radius 2 is 1.82 bits per heavy atom. The van der Waals surface area contributed by atoms with Crippen LogP contribution in [0, 0.1) is 0 Å². The third-order valence-electron chi connectivity index (χ3n) is 2.78. The summed E-state index contributed by atoms with van der Waals surface area (Å²) in [5.41, 5.74) is 0. The molecule has 0 spiro atoms. The predicted octanol–water partition coefficient (Wildman–Crippen LogP) is 1.26. The van der Waals surface area contributed by atoms with Gasteiger partial charge in [0.1, 0.15) is 19.3 Å². The van der Waals surface area contributed by atoms with Crippen LogP contribution in [0.2, 0.25) is 0 Å². The maximum Gasteiger partial charge on any atom is 0.268 e. The number of ether oxygens (including phenoxy) is 1. The van der Waals surface area contributed by atoms with Gasteiger partial charge in [-0.3, -0.25) is 9.82 Å². The number of quaternary nitrogens is 1. The largest absolute Gasteiger partial charge is 0.756 e. The average Bonchev–Trinajstić information content (AvgIpc) is 2.40. The van der Waals surface area contributed by atoms with E-state index in [1.54, 1.807) is 0 Å². The molecule has 0 saturated heterocycles. The maximum absolute atomic E-state index is 11.6. The number of hydrogen-bond acceptors (Lipinski definition) is 7. The van der Waals surface area contributed by atoms with Crippen molar-refractivity contribution < 1.29 is 37.9 Å².